The Balaban J connectivity index is 1.56. The lowest BCUT2D eigenvalue weighted by Crippen LogP contribution is -2.17. The molecular formula is C21H25N9O. The van der Waals surface area contributed by atoms with Crippen LogP contribution in [0.4, 0.5) is 5.82 Å². The molecule has 4 aromatic heterocycles. The van der Waals surface area contributed by atoms with Crippen LogP contribution in [0.15, 0.2) is 30.9 Å². The summed E-state index contributed by atoms with van der Waals surface area (Å²) in [6, 6.07) is 3.61. The molecule has 0 spiro atoms. The molecule has 0 radical (unpaired) electrons. The minimum absolute atomic E-state index is 0.130. The summed E-state index contributed by atoms with van der Waals surface area (Å²) >= 11 is 0. The van der Waals surface area contributed by atoms with Crippen molar-refractivity contribution in [1.29, 1.82) is 0 Å². The number of aromatic nitrogens is 8. The number of nitrogens with zero attached hydrogens (tertiary/aromatic N) is 8. The van der Waals surface area contributed by atoms with Gasteiger partial charge in [0.25, 0.3) is 11.7 Å². The average Bonchev–Trinajstić information content (AvgIpc) is 3.35. The number of nitrogens with one attached hydrogen (secondary N) is 1. The van der Waals surface area contributed by atoms with Gasteiger partial charge in [-0.05, 0) is 31.9 Å². The number of anilines is 1. The SMILES string of the molecule is Cc1nc2ncnn2c(C)c1CCC(=O)Nc1cc(C(C)(C)C)nn1-c1ncccn1. The van der Waals surface area contributed by atoms with E-state index in [1.165, 1.54) is 6.33 Å². The highest BCUT2D eigenvalue weighted by molar-refractivity contribution is 5.90. The van der Waals surface area contributed by atoms with E-state index in [1.54, 1.807) is 27.7 Å². The summed E-state index contributed by atoms with van der Waals surface area (Å²) in [6.45, 7) is 10.1. The van der Waals surface area contributed by atoms with E-state index < -0.39 is 0 Å². The summed E-state index contributed by atoms with van der Waals surface area (Å²) in [4.78, 5) is 30.0. The molecule has 0 unspecified atom stereocenters. The number of carbonyl (C=O) groups is 1. The highest BCUT2D eigenvalue weighted by atomic mass is 16.1. The first-order chi connectivity index (χ1) is 14.7. The molecule has 0 fully saturated rings. The molecule has 10 heteroatoms. The van der Waals surface area contributed by atoms with Crippen LogP contribution in [0.25, 0.3) is 11.7 Å². The van der Waals surface area contributed by atoms with Gasteiger partial charge in [0.15, 0.2) is 0 Å². The Morgan fingerprint density at radius 3 is 2.58 bits per heavy atom. The highest BCUT2D eigenvalue weighted by Crippen LogP contribution is 2.25. The monoisotopic (exact) mass is 419 g/mol. The Morgan fingerprint density at radius 2 is 1.87 bits per heavy atom. The van der Waals surface area contributed by atoms with E-state index in [0.29, 0.717) is 24.0 Å². The van der Waals surface area contributed by atoms with E-state index >= 15 is 0 Å². The van der Waals surface area contributed by atoms with Gasteiger partial charge in [0.05, 0.1) is 5.69 Å². The molecule has 4 aromatic rings. The molecule has 0 saturated heterocycles. The number of rotatable bonds is 5. The molecule has 1 amide bonds. The minimum atomic E-state index is -0.188. The predicted molar refractivity (Wildman–Crippen MR) is 115 cm³/mol. The van der Waals surface area contributed by atoms with E-state index in [-0.39, 0.29) is 17.7 Å². The summed E-state index contributed by atoms with van der Waals surface area (Å²) in [7, 11) is 0. The van der Waals surface area contributed by atoms with Crippen molar-refractivity contribution in [2.24, 2.45) is 0 Å². The number of aryl methyl sites for hydroxylation is 2. The van der Waals surface area contributed by atoms with Crippen LogP contribution in [0, 0.1) is 13.8 Å². The maximum absolute atomic E-state index is 12.8. The van der Waals surface area contributed by atoms with Crippen molar-refractivity contribution in [3.8, 4) is 5.95 Å². The Hall–Kier alpha value is -3.69. The number of amides is 1. The Labute approximate surface area is 179 Å². The first kappa shape index (κ1) is 20.6. The van der Waals surface area contributed by atoms with Gasteiger partial charge in [0.1, 0.15) is 12.1 Å². The van der Waals surface area contributed by atoms with Gasteiger partial charge < -0.3 is 5.32 Å². The largest absolute Gasteiger partial charge is 0.310 e. The Bertz CT molecular complexity index is 1240. The second-order valence-electron chi connectivity index (χ2n) is 8.41. The van der Waals surface area contributed by atoms with Gasteiger partial charge in [-0.1, -0.05) is 20.8 Å². The van der Waals surface area contributed by atoms with Crippen LogP contribution in [0.2, 0.25) is 0 Å². The number of fused-ring (bicyclic) bond motifs is 1. The van der Waals surface area contributed by atoms with Crippen molar-refractivity contribution in [2.45, 2.75) is 52.9 Å². The maximum Gasteiger partial charge on any atom is 0.252 e. The van der Waals surface area contributed by atoms with Crippen LogP contribution in [0.3, 0.4) is 0 Å². The molecule has 0 atom stereocenters. The smallest absolute Gasteiger partial charge is 0.252 e. The van der Waals surface area contributed by atoms with E-state index in [0.717, 1.165) is 22.6 Å². The molecule has 10 nitrogen and oxygen atoms in total. The molecule has 0 aliphatic rings. The summed E-state index contributed by atoms with van der Waals surface area (Å²) in [5, 5.41) is 11.8. The highest BCUT2D eigenvalue weighted by Gasteiger charge is 2.22. The fraction of sp³-hybridized carbons (Fsp3) is 0.381. The normalized spacial score (nSPS) is 11.8. The molecular weight excluding hydrogens is 394 g/mol. The van der Waals surface area contributed by atoms with Crippen molar-refractivity contribution in [3.63, 3.8) is 0 Å². The first-order valence-corrected chi connectivity index (χ1v) is 10.1. The van der Waals surface area contributed by atoms with Crippen molar-refractivity contribution < 1.29 is 4.79 Å². The molecule has 4 rings (SSSR count). The third-order valence-corrected chi connectivity index (χ3v) is 5.08. The second kappa shape index (κ2) is 7.86. The minimum Gasteiger partial charge on any atom is -0.310 e. The standard InChI is InChI=1S/C21H25N9O/c1-13-15(14(2)29-20(26-13)24-12-25-29)7-8-18(31)27-17-11-16(21(3,4)5)28-30(17)19-22-9-6-10-23-19/h6,9-12H,7-8H2,1-5H3,(H,27,31). The van der Waals surface area contributed by atoms with Crippen LogP contribution < -0.4 is 5.32 Å². The average molecular weight is 419 g/mol. The molecule has 1 N–H and O–H groups in total. The van der Waals surface area contributed by atoms with Crippen molar-refractivity contribution in [2.75, 3.05) is 5.32 Å². The number of carbonyl (C=O) groups excluding carboxylic acids is 1. The lowest BCUT2D eigenvalue weighted by atomic mass is 9.92. The fourth-order valence-electron chi connectivity index (χ4n) is 3.35. The molecule has 0 saturated carbocycles. The predicted octanol–water partition coefficient (Wildman–Crippen LogP) is 2.59. The summed E-state index contributed by atoms with van der Waals surface area (Å²) in [5.74, 6) is 1.37. The number of hydrogen-bond acceptors (Lipinski definition) is 7. The van der Waals surface area contributed by atoms with E-state index in [1.807, 2.05) is 19.9 Å². The summed E-state index contributed by atoms with van der Waals surface area (Å²) in [5.41, 5.74) is 3.42. The van der Waals surface area contributed by atoms with Crippen molar-refractivity contribution in [1.82, 2.24) is 39.3 Å². The summed E-state index contributed by atoms with van der Waals surface area (Å²) < 4.78 is 3.26. The van der Waals surface area contributed by atoms with Gasteiger partial charge in [-0.3, -0.25) is 4.79 Å². The van der Waals surface area contributed by atoms with E-state index in [2.05, 4.69) is 56.2 Å². The molecule has 0 aliphatic carbocycles. The Morgan fingerprint density at radius 1 is 1.13 bits per heavy atom. The van der Waals surface area contributed by atoms with Gasteiger partial charge in [-0.2, -0.15) is 19.9 Å². The zero-order valence-corrected chi connectivity index (χ0v) is 18.3. The van der Waals surface area contributed by atoms with Crippen LogP contribution >= 0.6 is 0 Å². The van der Waals surface area contributed by atoms with E-state index in [9.17, 15) is 4.79 Å². The van der Waals surface area contributed by atoms with Crippen molar-refractivity contribution in [3.05, 3.63) is 53.5 Å². The van der Waals surface area contributed by atoms with Crippen LogP contribution in [0.1, 0.15) is 49.8 Å². The zero-order chi connectivity index (χ0) is 22.2. The lowest BCUT2D eigenvalue weighted by molar-refractivity contribution is -0.116. The zero-order valence-electron chi connectivity index (χ0n) is 18.3. The molecule has 0 aliphatic heterocycles. The van der Waals surface area contributed by atoms with Crippen LogP contribution in [-0.2, 0) is 16.6 Å². The second-order valence-corrected chi connectivity index (χ2v) is 8.41. The third-order valence-electron chi connectivity index (χ3n) is 5.08. The fourth-order valence-corrected chi connectivity index (χ4v) is 3.35. The molecule has 160 valence electrons. The van der Waals surface area contributed by atoms with Crippen LogP contribution in [-0.4, -0.2) is 45.2 Å². The van der Waals surface area contributed by atoms with Crippen LogP contribution in [0.5, 0.6) is 0 Å². The quantitative estimate of drug-likeness (QED) is 0.528. The van der Waals surface area contributed by atoms with Crippen molar-refractivity contribution >= 4 is 17.5 Å². The molecule has 4 heterocycles. The van der Waals surface area contributed by atoms with Gasteiger partial charge in [-0.25, -0.2) is 19.5 Å². The topological polar surface area (TPSA) is 116 Å². The number of hydrogen-bond donors (Lipinski definition) is 1. The third kappa shape index (κ3) is 4.14. The lowest BCUT2D eigenvalue weighted by Gasteiger charge is -2.13. The van der Waals surface area contributed by atoms with Gasteiger partial charge in [0, 0.05) is 41.7 Å². The van der Waals surface area contributed by atoms with Gasteiger partial charge >= 0.3 is 0 Å². The maximum atomic E-state index is 12.8. The van der Waals surface area contributed by atoms with Gasteiger partial charge in [0.2, 0.25) is 5.91 Å². The molecule has 0 bridgehead atoms. The molecule has 31 heavy (non-hydrogen) atoms. The molecule has 0 aromatic carbocycles. The first-order valence-electron chi connectivity index (χ1n) is 10.1. The van der Waals surface area contributed by atoms with E-state index in [4.69, 9.17) is 0 Å². The summed E-state index contributed by atoms with van der Waals surface area (Å²) in [6.07, 6.45) is 5.59. The van der Waals surface area contributed by atoms with Gasteiger partial charge in [-0.15, -0.1) is 0 Å². The Kier molecular flexibility index (Phi) is 5.22.